The fourth-order valence-electron chi connectivity index (χ4n) is 2.49. The topological polar surface area (TPSA) is 76.7 Å². The van der Waals surface area contributed by atoms with Crippen molar-refractivity contribution in [3.05, 3.63) is 53.6 Å². The van der Waals surface area contributed by atoms with Gasteiger partial charge in [0.2, 0.25) is 18.6 Å². The molecule has 1 atom stereocenters. The van der Waals surface area contributed by atoms with Crippen LogP contribution in [0.15, 0.2) is 42.5 Å². The Morgan fingerprint density at radius 3 is 2.63 bits per heavy atom. The lowest BCUT2D eigenvalue weighted by Gasteiger charge is -2.12. The molecule has 2 aromatic rings. The van der Waals surface area contributed by atoms with E-state index in [1.54, 1.807) is 6.92 Å². The second kappa shape index (κ2) is 8.81. The molecule has 1 aliphatic heterocycles. The van der Waals surface area contributed by atoms with Crippen LogP contribution in [0.4, 0.5) is 5.69 Å². The van der Waals surface area contributed by atoms with E-state index in [0.717, 1.165) is 16.8 Å². The van der Waals surface area contributed by atoms with Crippen molar-refractivity contribution in [1.29, 1.82) is 0 Å². The summed E-state index contributed by atoms with van der Waals surface area (Å²) < 4.78 is 10.6. The Morgan fingerprint density at radius 1 is 1.11 bits per heavy atom. The Hall–Kier alpha value is -2.67. The summed E-state index contributed by atoms with van der Waals surface area (Å²) in [6.07, 6.45) is 0. The third kappa shape index (κ3) is 5.40. The van der Waals surface area contributed by atoms with Gasteiger partial charge in [0.05, 0.1) is 11.0 Å². The van der Waals surface area contributed by atoms with E-state index in [1.165, 1.54) is 11.8 Å². The number of nitrogens with one attached hydrogen (secondary N) is 2. The predicted molar refractivity (Wildman–Crippen MR) is 106 cm³/mol. The number of carbonyl (C=O) groups excluding carboxylic acids is 2. The van der Waals surface area contributed by atoms with Crippen LogP contribution >= 0.6 is 11.8 Å². The summed E-state index contributed by atoms with van der Waals surface area (Å²) in [6.45, 7) is 4.41. The minimum absolute atomic E-state index is 0.110. The summed E-state index contributed by atoms with van der Waals surface area (Å²) in [4.78, 5) is 24.3. The van der Waals surface area contributed by atoms with Crippen LogP contribution in [-0.2, 0) is 16.1 Å². The smallest absolute Gasteiger partial charge is 0.234 e. The van der Waals surface area contributed by atoms with Crippen molar-refractivity contribution in [2.45, 2.75) is 25.6 Å². The predicted octanol–water partition coefficient (Wildman–Crippen LogP) is 3.10. The maximum Gasteiger partial charge on any atom is 0.234 e. The minimum Gasteiger partial charge on any atom is -0.454 e. The highest BCUT2D eigenvalue weighted by Gasteiger charge is 2.17. The molecule has 0 bridgehead atoms. The zero-order valence-electron chi connectivity index (χ0n) is 15.3. The van der Waals surface area contributed by atoms with Crippen molar-refractivity contribution in [1.82, 2.24) is 5.32 Å². The molecule has 0 aromatic heterocycles. The van der Waals surface area contributed by atoms with E-state index < -0.39 is 0 Å². The third-order valence-corrected chi connectivity index (χ3v) is 5.22. The van der Waals surface area contributed by atoms with Gasteiger partial charge in [-0.05, 0) is 43.7 Å². The summed E-state index contributed by atoms with van der Waals surface area (Å²) in [5.74, 6) is 1.39. The quantitative estimate of drug-likeness (QED) is 0.765. The summed E-state index contributed by atoms with van der Waals surface area (Å²) in [5, 5.41) is 5.38. The number of carbonyl (C=O) groups is 2. The van der Waals surface area contributed by atoms with Crippen molar-refractivity contribution >= 4 is 29.3 Å². The molecule has 6 nitrogen and oxygen atoms in total. The van der Waals surface area contributed by atoms with Crippen LogP contribution in [0.1, 0.15) is 18.1 Å². The number of benzene rings is 2. The maximum absolute atomic E-state index is 12.2. The van der Waals surface area contributed by atoms with E-state index in [-0.39, 0.29) is 29.6 Å². The number of hydrogen-bond acceptors (Lipinski definition) is 5. The summed E-state index contributed by atoms with van der Waals surface area (Å²) in [7, 11) is 0. The Bertz CT molecular complexity index is 823. The van der Waals surface area contributed by atoms with Crippen molar-refractivity contribution in [3.63, 3.8) is 0 Å². The van der Waals surface area contributed by atoms with Gasteiger partial charge in [-0.3, -0.25) is 9.59 Å². The van der Waals surface area contributed by atoms with Gasteiger partial charge in [-0.1, -0.05) is 23.8 Å². The molecule has 0 unspecified atom stereocenters. The van der Waals surface area contributed by atoms with E-state index in [0.29, 0.717) is 18.0 Å². The molecule has 0 aliphatic carbocycles. The molecule has 0 spiro atoms. The molecule has 0 saturated carbocycles. The highest BCUT2D eigenvalue weighted by atomic mass is 32.2. The Kier molecular flexibility index (Phi) is 6.24. The lowest BCUT2D eigenvalue weighted by molar-refractivity contribution is -0.120. The van der Waals surface area contributed by atoms with Crippen LogP contribution in [0, 0.1) is 6.92 Å². The molecule has 1 heterocycles. The zero-order valence-corrected chi connectivity index (χ0v) is 16.1. The van der Waals surface area contributed by atoms with Crippen LogP contribution in [0.5, 0.6) is 11.5 Å². The molecule has 0 saturated heterocycles. The normalized spacial score (nSPS) is 13.1. The fraction of sp³-hybridized carbons (Fsp3) is 0.300. The molecular weight excluding hydrogens is 364 g/mol. The number of aryl methyl sites for hydroxylation is 1. The number of rotatable bonds is 7. The first-order valence-electron chi connectivity index (χ1n) is 8.65. The summed E-state index contributed by atoms with van der Waals surface area (Å²) in [6, 6.07) is 13.2. The SMILES string of the molecule is Cc1ccc(NC(=O)CS[C@H](C)C(=O)NCc2ccc3c(c2)OCO3)cc1. The monoisotopic (exact) mass is 386 g/mol. The van der Waals surface area contributed by atoms with Crippen LogP contribution < -0.4 is 20.1 Å². The van der Waals surface area contributed by atoms with Gasteiger partial charge in [-0.2, -0.15) is 0 Å². The van der Waals surface area contributed by atoms with Crippen molar-refractivity contribution < 1.29 is 19.1 Å². The number of fused-ring (bicyclic) bond motifs is 1. The molecule has 3 rings (SSSR count). The zero-order chi connectivity index (χ0) is 19.2. The lowest BCUT2D eigenvalue weighted by atomic mass is 10.2. The van der Waals surface area contributed by atoms with Crippen LogP contribution in [-0.4, -0.2) is 29.6 Å². The number of hydrogen-bond donors (Lipinski definition) is 2. The van der Waals surface area contributed by atoms with E-state index in [4.69, 9.17) is 9.47 Å². The summed E-state index contributed by atoms with van der Waals surface area (Å²) in [5.41, 5.74) is 2.82. The molecule has 0 fully saturated rings. The summed E-state index contributed by atoms with van der Waals surface area (Å²) >= 11 is 1.30. The largest absolute Gasteiger partial charge is 0.454 e. The number of ether oxygens (including phenoxy) is 2. The van der Waals surface area contributed by atoms with Crippen molar-refractivity contribution in [2.24, 2.45) is 0 Å². The van der Waals surface area contributed by atoms with Gasteiger partial charge in [0.15, 0.2) is 11.5 Å². The van der Waals surface area contributed by atoms with Gasteiger partial charge < -0.3 is 20.1 Å². The Labute approximate surface area is 162 Å². The third-order valence-electron chi connectivity index (χ3n) is 4.07. The average Bonchev–Trinajstić information content (AvgIpc) is 3.13. The van der Waals surface area contributed by atoms with Gasteiger partial charge in [-0.25, -0.2) is 0 Å². The van der Waals surface area contributed by atoms with Crippen LogP contribution in [0.25, 0.3) is 0 Å². The Morgan fingerprint density at radius 2 is 1.85 bits per heavy atom. The van der Waals surface area contributed by atoms with Gasteiger partial charge >= 0.3 is 0 Å². The van der Waals surface area contributed by atoms with Crippen molar-refractivity contribution in [2.75, 3.05) is 17.9 Å². The van der Waals surface area contributed by atoms with E-state index in [1.807, 2.05) is 49.4 Å². The fourth-order valence-corrected chi connectivity index (χ4v) is 3.20. The molecule has 27 heavy (non-hydrogen) atoms. The molecule has 7 heteroatoms. The number of anilines is 1. The molecule has 0 radical (unpaired) electrons. The van der Waals surface area contributed by atoms with E-state index >= 15 is 0 Å². The first-order valence-corrected chi connectivity index (χ1v) is 9.70. The van der Waals surface area contributed by atoms with Gasteiger partial charge in [0.1, 0.15) is 0 Å². The van der Waals surface area contributed by atoms with Gasteiger partial charge in [-0.15, -0.1) is 11.8 Å². The first-order chi connectivity index (χ1) is 13.0. The van der Waals surface area contributed by atoms with Gasteiger partial charge in [0, 0.05) is 12.2 Å². The lowest BCUT2D eigenvalue weighted by Crippen LogP contribution is -2.31. The van der Waals surface area contributed by atoms with Crippen molar-refractivity contribution in [3.8, 4) is 11.5 Å². The molecule has 142 valence electrons. The molecular formula is C20H22N2O4S. The number of amides is 2. The first kappa shape index (κ1) is 19.1. The molecule has 1 aliphatic rings. The molecule has 2 aromatic carbocycles. The minimum atomic E-state index is -0.331. The number of thioether (sulfide) groups is 1. The highest BCUT2D eigenvalue weighted by Crippen LogP contribution is 2.32. The molecule has 2 N–H and O–H groups in total. The highest BCUT2D eigenvalue weighted by molar-refractivity contribution is 8.01. The standard InChI is InChI=1S/C20H22N2O4S/c1-13-3-6-16(7-4-13)22-19(23)11-27-14(2)20(24)21-10-15-5-8-17-18(9-15)26-12-25-17/h3-9,14H,10-12H2,1-2H3,(H,21,24)(H,22,23)/t14-/m1/s1. The average molecular weight is 386 g/mol. The Balaban J connectivity index is 1.41. The van der Waals surface area contributed by atoms with E-state index in [2.05, 4.69) is 10.6 Å². The second-order valence-electron chi connectivity index (χ2n) is 6.27. The molecule has 2 amide bonds. The van der Waals surface area contributed by atoms with Gasteiger partial charge in [0.25, 0.3) is 0 Å². The second-order valence-corrected chi connectivity index (χ2v) is 7.60. The van der Waals surface area contributed by atoms with Crippen LogP contribution in [0.3, 0.4) is 0 Å². The van der Waals surface area contributed by atoms with Crippen LogP contribution in [0.2, 0.25) is 0 Å². The van der Waals surface area contributed by atoms with E-state index in [9.17, 15) is 9.59 Å². The maximum atomic E-state index is 12.2.